The van der Waals surface area contributed by atoms with Crippen molar-refractivity contribution in [2.24, 2.45) is 5.92 Å². The van der Waals surface area contributed by atoms with Crippen LogP contribution in [0.3, 0.4) is 0 Å². The summed E-state index contributed by atoms with van der Waals surface area (Å²) in [5, 5.41) is 18.5. The van der Waals surface area contributed by atoms with Crippen molar-refractivity contribution in [3.05, 3.63) is 41.8 Å². The fraction of sp³-hybridized carbons (Fsp3) is 0.450. The SMILES string of the molecule is CC(C)(C)N1CCC(CNC(=O)Nc2ccn(-c3ccc(C#N)cc3F)n2)C1. The number of rotatable bonds is 4. The number of aromatic nitrogens is 2. The van der Waals surface area contributed by atoms with Crippen LogP contribution in [0.4, 0.5) is 15.0 Å². The lowest BCUT2D eigenvalue weighted by molar-refractivity contribution is 0.168. The number of urea groups is 1. The zero-order valence-corrected chi connectivity index (χ0v) is 16.4. The van der Waals surface area contributed by atoms with Crippen molar-refractivity contribution in [3.8, 4) is 11.8 Å². The summed E-state index contributed by atoms with van der Waals surface area (Å²) in [6.07, 6.45) is 2.61. The summed E-state index contributed by atoms with van der Waals surface area (Å²) in [6, 6.07) is 7.29. The van der Waals surface area contributed by atoms with Crippen LogP contribution in [0, 0.1) is 23.1 Å². The van der Waals surface area contributed by atoms with Crippen LogP contribution in [0.15, 0.2) is 30.5 Å². The molecule has 0 aliphatic carbocycles. The molecule has 0 radical (unpaired) electrons. The molecule has 8 heteroatoms. The van der Waals surface area contributed by atoms with Gasteiger partial charge < -0.3 is 5.32 Å². The van der Waals surface area contributed by atoms with Gasteiger partial charge in [0.25, 0.3) is 0 Å². The molecule has 1 aromatic carbocycles. The summed E-state index contributed by atoms with van der Waals surface area (Å²) >= 11 is 0. The maximum Gasteiger partial charge on any atom is 0.320 e. The van der Waals surface area contributed by atoms with Gasteiger partial charge in [-0.2, -0.15) is 5.26 Å². The van der Waals surface area contributed by atoms with Gasteiger partial charge in [-0.25, -0.2) is 13.9 Å². The summed E-state index contributed by atoms with van der Waals surface area (Å²) in [5.74, 6) is 0.196. The zero-order chi connectivity index (χ0) is 20.3. The van der Waals surface area contributed by atoms with Gasteiger partial charge in [-0.05, 0) is 57.9 Å². The van der Waals surface area contributed by atoms with Crippen LogP contribution in [-0.2, 0) is 0 Å². The molecular weight excluding hydrogens is 359 g/mol. The molecule has 0 bridgehead atoms. The standard InChI is InChI=1S/C20H25FN6O/c1-20(2,3)26-8-6-15(13-26)12-23-19(28)24-18-7-9-27(25-18)17-5-4-14(11-22)10-16(17)21/h4-5,7,9-10,15H,6,8,12-13H2,1-3H3,(H2,23,24,25,28). The molecule has 1 atom stereocenters. The van der Waals surface area contributed by atoms with E-state index < -0.39 is 5.82 Å². The minimum absolute atomic E-state index is 0.143. The van der Waals surface area contributed by atoms with E-state index in [-0.39, 0.29) is 22.8 Å². The molecule has 1 aliphatic rings. The summed E-state index contributed by atoms with van der Waals surface area (Å²) in [6.45, 7) is 9.20. The summed E-state index contributed by atoms with van der Waals surface area (Å²) in [5.41, 5.74) is 0.591. The number of nitrogens with zero attached hydrogens (tertiary/aromatic N) is 4. The number of hydrogen-bond acceptors (Lipinski definition) is 4. The highest BCUT2D eigenvalue weighted by Crippen LogP contribution is 2.24. The van der Waals surface area contributed by atoms with Gasteiger partial charge in [-0.3, -0.25) is 10.2 Å². The number of halogens is 1. The highest BCUT2D eigenvalue weighted by Gasteiger charge is 2.30. The molecule has 2 heterocycles. The minimum Gasteiger partial charge on any atom is -0.338 e. The smallest absolute Gasteiger partial charge is 0.320 e. The van der Waals surface area contributed by atoms with E-state index in [1.165, 1.54) is 16.8 Å². The topological polar surface area (TPSA) is 86.0 Å². The highest BCUT2D eigenvalue weighted by atomic mass is 19.1. The van der Waals surface area contributed by atoms with Crippen molar-refractivity contribution >= 4 is 11.8 Å². The quantitative estimate of drug-likeness (QED) is 0.848. The molecule has 1 aromatic heterocycles. The number of hydrogen-bond donors (Lipinski definition) is 2. The molecule has 0 spiro atoms. The van der Waals surface area contributed by atoms with Gasteiger partial charge in [0, 0.05) is 30.9 Å². The van der Waals surface area contributed by atoms with Crippen molar-refractivity contribution in [2.45, 2.75) is 32.7 Å². The monoisotopic (exact) mass is 384 g/mol. The van der Waals surface area contributed by atoms with Crippen LogP contribution >= 0.6 is 0 Å². The van der Waals surface area contributed by atoms with E-state index in [2.05, 4.69) is 41.4 Å². The number of benzene rings is 1. The number of carbonyl (C=O) groups is 1. The first-order valence-corrected chi connectivity index (χ1v) is 9.32. The zero-order valence-electron chi connectivity index (χ0n) is 16.4. The molecule has 2 amide bonds. The number of nitriles is 1. The van der Waals surface area contributed by atoms with E-state index in [1.54, 1.807) is 12.3 Å². The van der Waals surface area contributed by atoms with Gasteiger partial charge in [0.15, 0.2) is 5.82 Å². The third-order valence-corrected chi connectivity index (χ3v) is 4.94. The highest BCUT2D eigenvalue weighted by molar-refractivity contribution is 5.88. The molecule has 28 heavy (non-hydrogen) atoms. The molecule has 0 saturated carbocycles. The first kappa shape index (κ1) is 19.8. The van der Waals surface area contributed by atoms with Crippen molar-refractivity contribution in [3.63, 3.8) is 0 Å². The van der Waals surface area contributed by atoms with Gasteiger partial charge in [0.2, 0.25) is 0 Å². The van der Waals surface area contributed by atoms with Crippen LogP contribution in [0.1, 0.15) is 32.8 Å². The number of likely N-dealkylation sites (tertiary alicyclic amines) is 1. The number of nitrogens with one attached hydrogen (secondary N) is 2. The van der Waals surface area contributed by atoms with E-state index >= 15 is 0 Å². The molecule has 3 rings (SSSR count). The molecule has 2 aromatic rings. The first-order valence-electron chi connectivity index (χ1n) is 9.32. The Bertz CT molecular complexity index is 895. The molecule has 1 unspecified atom stereocenters. The van der Waals surface area contributed by atoms with Crippen molar-refractivity contribution in [1.82, 2.24) is 20.0 Å². The molecule has 1 saturated heterocycles. The Balaban J connectivity index is 1.53. The van der Waals surface area contributed by atoms with Gasteiger partial charge >= 0.3 is 6.03 Å². The second-order valence-corrected chi connectivity index (χ2v) is 8.03. The van der Waals surface area contributed by atoms with E-state index in [4.69, 9.17) is 5.26 Å². The summed E-state index contributed by atoms with van der Waals surface area (Å²) < 4.78 is 15.4. The van der Waals surface area contributed by atoms with Gasteiger partial charge in [0.1, 0.15) is 11.5 Å². The number of carbonyl (C=O) groups excluding carboxylic acids is 1. The van der Waals surface area contributed by atoms with Gasteiger partial charge in [0.05, 0.1) is 11.6 Å². The minimum atomic E-state index is -0.553. The average molecular weight is 384 g/mol. The summed E-state index contributed by atoms with van der Waals surface area (Å²) in [7, 11) is 0. The Labute approximate surface area is 164 Å². The lowest BCUT2D eigenvalue weighted by atomic mass is 10.1. The molecule has 7 nitrogen and oxygen atoms in total. The molecule has 1 aliphatic heterocycles. The molecule has 1 fully saturated rings. The Morgan fingerprint density at radius 3 is 2.82 bits per heavy atom. The Hall–Kier alpha value is -2.92. The van der Waals surface area contributed by atoms with Gasteiger partial charge in [-0.1, -0.05) is 0 Å². The normalized spacial score (nSPS) is 17.3. The lowest BCUT2D eigenvalue weighted by Crippen LogP contribution is -2.40. The Morgan fingerprint density at radius 1 is 1.39 bits per heavy atom. The Morgan fingerprint density at radius 2 is 2.18 bits per heavy atom. The first-order chi connectivity index (χ1) is 13.3. The fourth-order valence-corrected chi connectivity index (χ4v) is 3.29. The fourth-order valence-electron chi connectivity index (χ4n) is 3.29. The maximum atomic E-state index is 14.1. The van der Waals surface area contributed by atoms with E-state index in [0.29, 0.717) is 18.3 Å². The second-order valence-electron chi connectivity index (χ2n) is 8.03. The third kappa shape index (κ3) is 4.67. The lowest BCUT2D eigenvalue weighted by Gasteiger charge is -2.31. The van der Waals surface area contributed by atoms with E-state index in [0.717, 1.165) is 25.6 Å². The van der Waals surface area contributed by atoms with Crippen molar-refractivity contribution < 1.29 is 9.18 Å². The van der Waals surface area contributed by atoms with E-state index in [9.17, 15) is 9.18 Å². The van der Waals surface area contributed by atoms with Crippen LogP contribution < -0.4 is 10.6 Å². The number of anilines is 1. The van der Waals surface area contributed by atoms with Crippen molar-refractivity contribution in [2.75, 3.05) is 25.0 Å². The average Bonchev–Trinajstić information content (AvgIpc) is 3.29. The third-order valence-electron chi connectivity index (χ3n) is 4.94. The van der Waals surface area contributed by atoms with Crippen molar-refractivity contribution in [1.29, 1.82) is 5.26 Å². The summed E-state index contributed by atoms with van der Waals surface area (Å²) in [4.78, 5) is 14.6. The van der Waals surface area contributed by atoms with Crippen LogP contribution in [0.2, 0.25) is 0 Å². The largest absolute Gasteiger partial charge is 0.338 e. The van der Waals surface area contributed by atoms with Crippen LogP contribution in [-0.4, -0.2) is 45.9 Å². The van der Waals surface area contributed by atoms with Crippen LogP contribution in [0.25, 0.3) is 5.69 Å². The Kier molecular flexibility index (Phi) is 5.66. The molecule has 148 valence electrons. The molecule has 2 N–H and O–H groups in total. The maximum absolute atomic E-state index is 14.1. The predicted molar refractivity (Wildman–Crippen MR) is 105 cm³/mol. The number of amides is 2. The second kappa shape index (κ2) is 7.98. The van der Waals surface area contributed by atoms with Crippen LogP contribution in [0.5, 0.6) is 0 Å². The molecular formula is C20H25FN6O. The van der Waals surface area contributed by atoms with E-state index in [1.807, 2.05) is 6.07 Å². The predicted octanol–water partition coefficient (Wildman–Crippen LogP) is 3.12. The van der Waals surface area contributed by atoms with Gasteiger partial charge in [-0.15, -0.1) is 5.10 Å².